The van der Waals surface area contributed by atoms with E-state index in [-0.39, 0.29) is 12.5 Å². The molecule has 0 aromatic rings. The van der Waals surface area contributed by atoms with Gasteiger partial charge in [-0.2, -0.15) is 0 Å². The van der Waals surface area contributed by atoms with E-state index < -0.39 is 49.5 Å². The zero-order chi connectivity index (χ0) is 69.9. The minimum atomic E-state index is -1.55. The zero-order valence-electron chi connectivity index (χ0n) is 64.9. The summed E-state index contributed by atoms with van der Waals surface area (Å²) >= 11 is 0. The smallest absolute Gasteiger partial charge is 0.220 e. The maximum absolute atomic E-state index is 13.2. The van der Waals surface area contributed by atoms with E-state index in [1.807, 2.05) is 0 Å². The Morgan fingerprint density at radius 3 is 0.897 bits per heavy atom. The number of aliphatic hydroxyl groups excluding tert-OH is 5. The van der Waals surface area contributed by atoms with Crippen LogP contribution in [0.15, 0.2) is 36.5 Å². The Morgan fingerprint density at radius 1 is 0.351 bits per heavy atom. The second-order valence-corrected chi connectivity index (χ2v) is 30.7. The number of rotatable bonds is 79. The number of amides is 1. The van der Waals surface area contributed by atoms with Gasteiger partial charge < -0.3 is 40.3 Å². The van der Waals surface area contributed by atoms with E-state index in [1.165, 1.54) is 385 Å². The lowest BCUT2D eigenvalue weighted by Crippen LogP contribution is -2.60. The van der Waals surface area contributed by atoms with Crippen LogP contribution in [0.25, 0.3) is 0 Å². The zero-order valence-corrected chi connectivity index (χ0v) is 64.9. The predicted octanol–water partition coefficient (Wildman–Crippen LogP) is 25.7. The van der Waals surface area contributed by atoms with Gasteiger partial charge in [0.1, 0.15) is 24.4 Å². The molecule has 6 N–H and O–H groups in total. The first-order valence-electron chi connectivity index (χ1n) is 43.7. The van der Waals surface area contributed by atoms with Crippen molar-refractivity contribution in [2.75, 3.05) is 13.2 Å². The molecule has 1 aliphatic rings. The fourth-order valence-electron chi connectivity index (χ4n) is 14.5. The molecule has 0 aromatic heterocycles. The summed E-state index contributed by atoms with van der Waals surface area (Å²) in [5, 5.41) is 55.2. The molecule has 1 rings (SSSR count). The highest BCUT2D eigenvalue weighted by Crippen LogP contribution is 2.25. The molecule has 9 heteroatoms. The molecule has 0 spiro atoms. The third-order valence-corrected chi connectivity index (χ3v) is 21.2. The largest absolute Gasteiger partial charge is 0.394 e. The topological polar surface area (TPSA) is 149 Å². The third kappa shape index (κ3) is 65.0. The van der Waals surface area contributed by atoms with Crippen LogP contribution in [0.3, 0.4) is 0 Å². The second kappa shape index (κ2) is 77.0. The summed E-state index contributed by atoms with van der Waals surface area (Å²) in [4.78, 5) is 13.2. The molecule has 0 aliphatic carbocycles. The average Bonchev–Trinajstić information content (AvgIpc) is 0.854. The van der Waals surface area contributed by atoms with E-state index in [2.05, 4.69) is 55.6 Å². The molecule has 574 valence electrons. The normalized spacial score (nSPS) is 17.5. The number of unbranched alkanes of at least 4 members (excludes halogenated alkanes) is 63. The van der Waals surface area contributed by atoms with Crippen molar-refractivity contribution < 1.29 is 39.8 Å². The molecule has 0 saturated carbocycles. The SMILES string of the molecule is CCCCCCC/C=C\C/C=C\C/C=C\CCCCCCCCCCCCCCCCCCCCCCCCCCCCC(=O)NC(COC1OC(CO)C(O)C(O)C1O)C(O)CCCCCCCCCCCCCCCCCCCCCCCCCCCCCCCCCCC. The highest BCUT2D eigenvalue weighted by Gasteiger charge is 2.44. The van der Waals surface area contributed by atoms with Crippen molar-refractivity contribution in [2.24, 2.45) is 0 Å². The number of allylic oxidation sites excluding steroid dienone is 6. The highest BCUT2D eigenvalue weighted by atomic mass is 16.7. The first-order valence-corrected chi connectivity index (χ1v) is 43.7. The van der Waals surface area contributed by atoms with Crippen LogP contribution in [-0.4, -0.2) is 87.5 Å². The van der Waals surface area contributed by atoms with Crippen molar-refractivity contribution in [3.05, 3.63) is 36.5 Å². The van der Waals surface area contributed by atoms with Gasteiger partial charge in [0, 0.05) is 6.42 Å². The van der Waals surface area contributed by atoms with Crippen LogP contribution in [0.1, 0.15) is 463 Å². The van der Waals surface area contributed by atoms with Gasteiger partial charge in [0.05, 0.1) is 25.4 Å². The molecule has 0 radical (unpaired) electrons. The quantitative estimate of drug-likeness (QED) is 0.0261. The fraction of sp³-hybridized carbons (Fsp3) is 0.920. The van der Waals surface area contributed by atoms with Crippen LogP contribution in [0.5, 0.6) is 0 Å². The maximum atomic E-state index is 13.2. The van der Waals surface area contributed by atoms with Crippen molar-refractivity contribution in [3.63, 3.8) is 0 Å². The molecule has 7 unspecified atom stereocenters. The third-order valence-electron chi connectivity index (χ3n) is 21.2. The number of hydrogen-bond donors (Lipinski definition) is 6. The summed E-state index contributed by atoms with van der Waals surface area (Å²) in [5.41, 5.74) is 0. The van der Waals surface area contributed by atoms with Crippen molar-refractivity contribution in [3.8, 4) is 0 Å². The molecule has 1 aliphatic heterocycles. The van der Waals surface area contributed by atoms with Crippen LogP contribution >= 0.6 is 0 Å². The number of hydrogen-bond acceptors (Lipinski definition) is 8. The van der Waals surface area contributed by atoms with Gasteiger partial charge in [-0.1, -0.05) is 442 Å². The summed E-state index contributed by atoms with van der Waals surface area (Å²) in [6.07, 6.45) is 98.6. The number of aliphatic hydroxyl groups is 5. The minimum absolute atomic E-state index is 0.132. The van der Waals surface area contributed by atoms with E-state index in [1.54, 1.807) is 0 Å². The fourth-order valence-corrected chi connectivity index (χ4v) is 14.5. The van der Waals surface area contributed by atoms with Crippen LogP contribution < -0.4 is 5.32 Å². The van der Waals surface area contributed by atoms with Crippen LogP contribution in [-0.2, 0) is 14.3 Å². The molecule has 1 saturated heterocycles. The standard InChI is InChI=1S/C88H169NO8/c1-3-5-7-9-11-13-15-17-19-21-23-25-27-29-31-33-35-37-38-39-40-41-42-43-44-46-48-50-52-54-56-58-60-62-64-66-68-70-72-74-76-78-84(92)89-81(80-96-88-87(95)86(94)85(93)83(79-90)97-88)82(91)77-75-73-71-69-67-65-63-61-59-57-55-53-51-49-47-45-36-34-32-30-28-26-24-22-20-18-16-14-12-10-8-6-4-2/h15,17,21,23,27,29,81-83,85-88,90-91,93-95H,3-14,16,18-20,22,24-26,28,30-80H2,1-2H3,(H,89,92)/b17-15-,23-21-,29-27-. The second-order valence-electron chi connectivity index (χ2n) is 30.7. The average molecular weight is 1370 g/mol. The van der Waals surface area contributed by atoms with Crippen LogP contribution in [0, 0.1) is 0 Å². The van der Waals surface area contributed by atoms with Gasteiger partial charge in [-0.15, -0.1) is 0 Å². The van der Waals surface area contributed by atoms with Crippen LogP contribution in [0.2, 0.25) is 0 Å². The molecular weight excluding hydrogens is 1200 g/mol. The lowest BCUT2D eigenvalue weighted by molar-refractivity contribution is -0.302. The van der Waals surface area contributed by atoms with E-state index >= 15 is 0 Å². The van der Waals surface area contributed by atoms with Crippen molar-refractivity contribution in [1.82, 2.24) is 5.32 Å². The Balaban J connectivity index is 2.01. The lowest BCUT2D eigenvalue weighted by Gasteiger charge is -2.40. The summed E-state index contributed by atoms with van der Waals surface area (Å²) in [6, 6.07) is -0.719. The first-order chi connectivity index (χ1) is 47.8. The molecule has 1 heterocycles. The van der Waals surface area contributed by atoms with Gasteiger partial charge in [-0.25, -0.2) is 0 Å². The summed E-state index contributed by atoms with van der Waals surface area (Å²) in [7, 11) is 0. The van der Waals surface area contributed by atoms with Crippen molar-refractivity contribution >= 4 is 5.91 Å². The van der Waals surface area contributed by atoms with Gasteiger partial charge in [0.15, 0.2) is 6.29 Å². The van der Waals surface area contributed by atoms with Gasteiger partial charge >= 0.3 is 0 Å². The Morgan fingerprint density at radius 2 is 0.608 bits per heavy atom. The molecule has 7 atom stereocenters. The predicted molar refractivity (Wildman–Crippen MR) is 420 cm³/mol. The molecule has 1 amide bonds. The number of carbonyl (C=O) groups is 1. The minimum Gasteiger partial charge on any atom is -0.394 e. The van der Waals surface area contributed by atoms with E-state index in [4.69, 9.17) is 9.47 Å². The maximum Gasteiger partial charge on any atom is 0.220 e. The molecular formula is C88H169NO8. The Labute approximate surface area is 603 Å². The van der Waals surface area contributed by atoms with Gasteiger partial charge in [0.25, 0.3) is 0 Å². The van der Waals surface area contributed by atoms with E-state index in [0.717, 1.165) is 51.4 Å². The molecule has 0 aromatic carbocycles. The van der Waals surface area contributed by atoms with Crippen molar-refractivity contribution in [1.29, 1.82) is 0 Å². The Hall–Kier alpha value is -1.59. The summed E-state index contributed by atoms with van der Waals surface area (Å²) in [5.74, 6) is -0.133. The number of nitrogens with one attached hydrogen (secondary N) is 1. The molecule has 9 nitrogen and oxygen atoms in total. The van der Waals surface area contributed by atoms with E-state index in [0.29, 0.717) is 12.8 Å². The molecule has 97 heavy (non-hydrogen) atoms. The Kier molecular flexibility index (Phi) is 74.2. The summed E-state index contributed by atoms with van der Waals surface area (Å²) < 4.78 is 11.4. The van der Waals surface area contributed by atoms with Crippen LogP contribution in [0.4, 0.5) is 0 Å². The Bertz CT molecular complexity index is 1640. The lowest BCUT2D eigenvalue weighted by atomic mass is 9.99. The number of ether oxygens (including phenoxy) is 2. The molecule has 0 bridgehead atoms. The highest BCUT2D eigenvalue weighted by molar-refractivity contribution is 5.76. The summed E-state index contributed by atoms with van der Waals surface area (Å²) in [6.45, 7) is 3.90. The number of carbonyl (C=O) groups excluding carboxylic acids is 1. The van der Waals surface area contributed by atoms with Gasteiger partial charge in [0.2, 0.25) is 5.91 Å². The first kappa shape index (κ1) is 93.4. The van der Waals surface area contributed by atoms with Gasteiger partial charge in [-0.05, 0) is 51.4 Å². The van der Waals surface area contributed by atoms with Gasteiger partial charge in [-0.3, -0.25) is 4.79 Å². The monoisotopic (exact) mass is 1370 g/mol. The van der Waals surface area contributed by atoms with E-state index in [9.17, 15) is 30.3 Å². The van der Waals surface area contributed by atoms with Crippen molar-refractivity contribution in [2.45, 2.75) is 506 Å². The molecule has 1 fully saturated rings.